The third-order valence-corrected chi connectivity index (χ3v) is 6.03. The third kappa shape index (κ3) is 4.30. The van der Waals surface area contributed by atoms with Crippen LogP contribution in [0, 0.1) is 11.8 Å². The van der Waals surface area contributed by atoms with Crippen molar-refractivity contribution in [2.24, 2.45) is 11.8 Å². The molecule has 2 saturated heterocycles. The maximum atomic E-state index is 12.8. The molecule has 0 unspecified atom stereocenters. The minimum absolute atomic E-state index is 0.177. The van der Waals surface area contributed by atoms with Gasteiger partial charge in [-0.2, -0.15) is 0 Å². The summed E-state index contributed by atoms with van der Waals surface area (Å²) in [4.78, 5) is 17.4. The van der Waals surface area contributed by atoms with Crippen LogP contribution < -0.4 is 0 Å². The van der Waals surface area contributed by atoms with Crippen molar-refractivity contribution < 1.29 is 14.3 Å². The molecule has 0 radical (unpaired) electrons. The van der Waals surface area contributed by atoms with Crippen LogP contribution in [0.2, 0.25) is 0 Å². The molecule has 3 aliphatic rings. The number of hydrogen-bond acceptors (Lipinski definition) is 4. The second kappa shape index (κ2) is 8.15. The van der Waals surface area contributed by atoms with Crippen LogP contribution in [0.15, 0.2) is 0 Å². The van der Waals surface area contributed by atoms with E-state index in [-0.39, 0.29) is 18.1 Å². The van der Waals surface area contributed by atoms with E-state index in [0.717, 1.165) is 58.2 Å². The van der Waals surface area contributed by atoms with Gasteiger partial charge in [-0.3, -0.25) is 9.69 Å². The molecule has 0 N–H and O–H groups in total. The summed E-state index contributed by atoms with van der Waals surface area (Å²) >= 11 is 0. The van der Waals surface area contributed by atoms with Crippen molar-refractivity contribution in [2.45, 2.75) is 64.7 Å². The fraction of sp³-hybridized carbons (Fsp3) is 0.947. The van der Waals surface area contributed by atoms with Gasteiger partial charge in [-0.25, -0.2) is 0 Å². The first-order chi connectivity index (χ1) is 11.5. The summed E-state index contributed by atoms with van der Waals surface area (Å²) < 4.78 is 11.6. The second-order valence-electron chi connectivity index (χ2n) is 8.11. The summed E-state index contributed by atoms with van der Waals surface area (Å²) in [5.74, 6) is 1.42. The van der Waals surface area contributed by atoms with Crippen LogP contribution in [0.5, 0.6) is 0 Å². The minimum Gasteiger partial charge on any atom is -0.379 e. The molecule has 1 amide bonds. The molecular weight excluding hydrogens is 304 g/mol. The van der Waals surface area contributed by atoms with Crippen molar-refractivity contribution in [1.29, 1.82) is 0 Å². The van der Waals surface area contributed by atoms with E-state index < -0.39 is 0 Å². The predicted octanol–water partition coefficient (Wildman–Crippen LogP) is 2.15. The topological polar surface area (TPSA) is 42.0 Å². The highest BCUT2D eigenvalue weighted by Gasteiger charge is 2.38. The van der Waals surface area contributed by atoms with Gasteiger partial charge < -0.3 is 14.4 Å². The molecule has 138 valence electrons. The lowest BCUT2D eigenvalue weighted by atomic mass is 9.88. The van der Waals surface area contributed by atoms with Crippen LogP contribution in [0.1, 0.15) is 46.5 Å². The summed E-state index contributed by atoms with van der Waals surface area (Å²) in [7, 11) is 0. The zero-order chi connectivity index (χ0) is 17.1. The van der Waals surface area contributed by atoms with Gasteiger partial charge in [-0.15, -0.1) is 0 Å². The Hall–Kier alpha value is -0.650. The van der Waals surface area contributed by atoms with E-state index in [1.165, 1.54) is 12.8 Å². The Balaban J connectivity index is 1.51. The van der Waals surface area contributed by atoms with E-state index >= 15 is 0 Å². The number of carbonyl (C=O) groups is 1. The zero-order valence-corrected chi connectivity index (χ0v) is 15.6. The largest absolute Gasteiger partial charge is 0.379 e. The number of carbonyl (C=O) groups excluding carboxylic acids is 1. The smallest absolute Gasteiger partial charge is 0.251 e. The van der Waals surface area contributed by atoms with E-state index in [0.29, 0.717) is 12.0 Å². The maximum absolute atomic E-state index is 12.8. The summed E-state index contributed by atoms with van der Waals surface area (Å²) in [5, 5.41) is 0. The van der Waals surface area contributed by atoms with Gasteiger partial charge in [0.2, 0.25) is 0 Å². The molecule has 5 atom stereocenters. The predicted molar refractivity (Wildman–Crippen MR) is 93.9 cm³/mol. The maximum Gasteiger partial charge on any atom is 0.251 e. The van der Waals surface area contributed by atoms with Crippen LogP contribution in [0.25, 0.3) is 0 Å². The van der Waals surface area contributed by atoms with Crippen molar-refractivity contribution in [2.75, 3.05) is 39.4 Å². The molecule has 0 bridgehead atoms. The second-order valence-corrected chi connectivity index (χ2v) is 8.11. The van der Waals surface area contributed by atoms with Crippen molar-refractivity contribution in [3.63, 3.8) is 0 Å². The Morgan fingerprint density at radius 3 is 2.62 bits per heavy atom. The SMILES string of the molecule is C[C@@H]1CCC[C@H](O[C@H](C)C(=O)N2C[C@@H](C)[C@H](N3CCOCC3)C2)C1. The minimum atomic E-state index is -0.309. The van der Waals surface area contributed by atoms with Gasteiger partial charge in [0.15, 0.2) is 0 Å². The van der Waals surface area contributed by atoms with Gasteiger partial charge in [0.05, 0.1) is 19.3 Å². The lowest BCUT2D eigenvalue weighted by molar-refractivity contribution is -0.147. The summed E-state index contributed by atoms with van der Waals surface area (Å²) in [6.45, 7) is 11.8. The first-order valence-electron chi connectivity index (χ1n) is 9.80. The van der Waals surface area contributed by atoms with Crippen LogP contribution in [0.3, 0.4) is 0 Å². The van der Waals surface area contributed by atoms with Gasteiger partial charge in [-0.1, -0.05) is 26.7 Å². The molecular formula is C19H34N2O3. The van der Waals surface area contributed by atoms with Crippen LogP contribution in [-0.2, 0) is 14.3 Å². The molecule has 0 aromatic heterocycles. The van der Waals surface area contributed by atoms with Crippen molar-refractivity contribution in [1.82, 2.24) is 9.80 Å². The Labute approximate surface area is 146 Å². The number of likely N-dealkylation sites (tertiary alicyclic amines) is 1. The normalized spacial score (nSPS) is 36.7. The summed E-state index contributed by atoms with van der Waals surface area (Å²) in [6, 6.07) is 0.472. The molecule has 3 rings (SSSR count). The van der Waals surface area contributed by atoms with Crippen LogP contribution in [-0.4, -0.2) is 73.3 Å². The van der Waals surface area contributed by atoms with E-state index in [9.17, 15) is 4.79 Å². The number of ether oxygens (including phenoxy) is 2. The van der Waals surface area contributed by atoms with Crippen LogP contribution in [0.4, 0.5) is 0 Å². The first-order valence-corrected chi connectivity index (χ1v) is 9.80. The van der Waals surface area contributed by atoms with E-state index in [1.54, 1.807) is 0 Å². The molecule has 1 saturated carbocycles. The molecule has 0 aromatic rings. The van der Waals surface area contributed by atoms with E-state index in [1.807, 2.05) is 11.8 Å². The fourth-order valence-electron chi connectivity index (χ4n) is 4.62. The molecule has 2 aliphatic heterocycles. The molecule has 0 spiro atoms. The monoisotopic (exact) mass is 338 g/mol. The molecule has 2 heterocycles. The molecule has 24 heavy (non-hydrogen) atoms. The number of hydrogen-bond donors (Lipinski definition) is 0. The standard InChI is InChI=1S/C19H34N2O3/c1-14-5-4-6-17(11-14)24-16(3)19(22)21-12-15(2)18(13-21)20-7-9-23-10-8-20/h14-18H,4-13H2,1-3H3/t14-,15-,16-,17+,18-/m1/s1. The van der Waals surface area contributed by atoms with Gasteiger partial charge in [0.25, 0.3) is 5.91 Å². The van der Waals surface area contributed by atoms with Gasteiger partial charge in [-0.05, 0) is 31.6 Å². The zero-order valence-electron chi connectivity index (χ0n) is 15.6. The molecule has 0 aromatic carbocycles. The quantitative estimate of drug-likeness (QED) is 0.788. The molecule has 5 heteroatoms. The number of rotatable bonds is 4. The molecule has 5 nitrogen and oxygen atoms in total. The lowest BCUT2D eigenvalue weighted by Gasteiger charge is -2.34. The van der Waals surface area contributed by atoms with E-state index in [2.05, 4.69) is 18.7 Å². The van der Waals surface area contributed by atoms with Gasteiger partial charge in [0.1, 0.15) is 6.10 Å². The number of morpholine rings is 1. The van der Waals surface area contributed by atoms with Gasteiger partial charge >= 0.3 is 0 Å². The number of nitrogens with zero attached hydrogens (tertiary/aromatic N) is 2. The Bertz CT molecular complexity index is 425. The summed E-state index contributed by atoms with van der Waals surface area (Å²) in [5.41, 5.74) is 0. The summed E-state index contributed by atoms with van der Waals surface area (Å²) in [6.07, 6.45) is 4.69. The molecule has 3 fully saturated rings. The van der Waals surface area contributed by atoms with Crippen LogP contribution >= 0.6 is 0 Å². The van der Waals surface area contributed by atoms with Crippen molar-refractivity contribution in [3.8, 4) is 0 Å². The highest BCUT2D eigenvalue weighted by Crippen LogP contribution is 2.28. The first kappa shape index (κ1) is 18.2. The highest BCUT2D eigenvalue weighted by atomic mass is 16.5. The highest BCUT2D eigenvalue weighted by molar-refractivity contribution is 5.81. The van der Waals surface area contributed by atoms with Crippen molar-refractivity contribution >= 4 is 5.91 Å². The Morgan fingerprint density at radius 1 is 1.17 bits per heavy atom. The average Bonchev–Trinajstić information content (AvgIpc) is 2.96. The third-order valence-electron chi connectivity index (χ3n) is 6.03. The number of amides is 1. The average molecular weight is 338 g/mol. The molecule has 1 aliphatic carbocycles. The Morgan fingerprint density at radius 2 is 1.92 bits per heavy atom. The lowest BCUT2D eigenvalue weighted by Crippen LogP contribution is -2.47. The van der Waals surface area contributed by atoms with E-state index in [4.69, 9.17) is 9.47 Å². The van der Waals surface area contributed by atoms with Crippen molar-refractivity contribution in [3.05, 3.63) is 0 Å². The fourth-order valence-corrected chi connectivity index (χ4v) is 4.62. The Kier molecular flexibility index (Phi) is 6.17. The van der Waals surface area contributed by atoms with Gasteiger partial charge in [0, 0.05) is 32.2 Å².